The van der Waals surface area contributed by atoms with Crippen LogP contribution in [0.4, 0.5) is 13.2 Å². The number of hydrogen-bond donors (Lipinski definition) is 1. The van der Waals surface area contributed by atoms with E-state index in [1.165, 1.54) is 6.07 Å². The quantitative estimate of drug-likeness (QED) is 0.289. The summed E-state index contributed by atoms with van der Waals surface area (Å²) in [6, 6.07) is 15.4. The first-order chi connectivity index (χ1) is 16.5. The van der Waals surface area contributed by atoms with Crippen LogP contribution in [0.2, 0.25) is 0 Å². The maximum absolute atomic E-state index is 14.7. The second-order valence-electron chi connectivity index (χ2n) is 8.58. The SMILES string of the molecule is C=CCOc1ccc(-c2ccc(/C=C/c3ccc(C4CCC(O)CC4)c(F)c3F)cc2)cc1F. The van der Waals surface area contributed by atoms with E-state index in [1.807, 2.05) is 24.3 Å². The fraction of sp³-hybridized carbons (Fsp3) is 0.241. The molecule has 1 aliphatic carbocycles. The van der Waals surface area contributed by atoms with Crippen molar-refractivity contribution in [3.05, 3.63) is 101 Å². The number of benzene rings is 3. The Labute approximate surface area is 198 Å². The van der Waals surface area contributed by atoms with Gasteiger partial charge in [-0.25, -0.2) is 13.2 Å². The van der Waals surface area contributed by atoms with E-state index in [0.29, 0.717) is 36.8 Å². The number of halogens is 3. The lowest BCUT2D eigenvalue weighted by molar-refractivity contribution is 0.122. The molecule has 0 radical (unpaired) electrons. The van der Waals surface area contributed by atoms with Crippen molar-refractivity contribution in [3.63, 3.8) is 0 Å². The molecule has 0 heterocycles. The Morgan fingerprint density at radius 1 is 0.853 bits per heavy atom. The maximum atomic E-state index is 14.7. The van der Waals surface area contributed by atoms with Gasteiger partial charge in [0.2, 0.25) is 0 Å². The molecule has 0 aromatic heterocycles. The first kappa shape index (κ1) is 23.8. The lowest BCUT2D eigenvalue weighted by Crippen LogP contribution is -2.18. The standard InChI is InChI=1S/C29H27F3O2/c1-2-17-34-27-16-12-23(18-26(27)30)20-6-3-19(4-7-20)5-8-22-11-15-25(29(32)28(22)31)21-9-13-24(33)14-10-21/h2-8,11-12,15-16,18,21,24,33H,1,9-10,13-14,17H2/b8-5+. The largest absolute Gasteiger partial charge is 0.486 e. The fourth-order valence-corrected chi connectivity index (χ4v) is 4.33. The summed E-state index contributed by atoms with van der Waals surface area (Å²) in [6.45, 7) is 3.78. The third kappa shape index (κ3) is 5.42. The Hall–Kier alpha value is -3.31. The van der Waals surface area contributed by atoms with Gasteiger partial charge in [-0.1, -0.05) is 67.3 Å². The predicted octanol–water partition coefficient (Wildman–Crippen LogP) is 7.52. The average molecular weight is 465 g/mol. The monoisotopic (exact) mass is 464 g/mol. The Bertz CT molecular complexity index is 1180. The van der Waals surface area contributed by atoms with Crippen molar-refractivity contribution in [3.8, 4) is 16.9 Å². The molecule has 0 saturated heterocycles. The normalized spacial score (nSPS) is 18.2. The summed E-state index contributed by atoms with van der Waals surface area (Å²) in [6.07, 6.45) is 7.02. The van der Waals surface area contributed by atoms with E-state index in [2.05, 4.69) is 6.58 Å². The second-order valence-corrected chi connectivity index (χ2v) is 8.58. The molecule has 0 bridgehead atoms. The summed E-state index contributed by atoms with van der Waals surface area (Å²) >= 11 is 0. The lowest BCUT2D eigenvalue weighted by atomic mass is 9.82. The van der Waals surface area contributed by atoms with Crippen LogP contribution in [0.25, 0.3) is 23.3 Å². The lowest BCUT2D eigenvalue weighted by Gasteiger charge is -2.26. The smallest absolute Gasteiger partial charge is 0.166 e. The minimum absolute atomic E-state index is 0.0593. The van der Waals surface area contributed by atoms with E-state index in [4.69, 9.17) is 4.74 Å². The molecule has 0 atom stereocenters. The first-order valence-corrected chi connectivity index (χ1v) is 11.4. The van der Waals surface area contributed by atoms with Gasteiger partial charge in [-0.15, -0.1) is 0 Å². The molecule has 3 aromatic rings. The van der Waals surface area contributed by atoms with Crippen molar-refractivity contribution < 1.29 is 23.0 Å². The van der Waals surface area contributed by atoms with Crippen LogP contribution in [0.3, 0.4) is 0 Å². The topological polar surface area (TPSA) is 29.5 Å². The summed E-state index contributed by atoms with van der Waals surface area (Å²) in [5.74, 6) is -2.00. The van der Waals surface area contributed by atoms with Gasteiger partial charge in [0.25, 0.3) is 0 Å². The number of ether oxygens (including phenoxy) is 1. The van der Waals surface area contributed by atoms with Crippen LogP contribution in [0.1, 0.15) is 48.3 Å². The molecule has 1 aliphatic rings. The highest BCUT2D eigenvalue weighted by Crippen LogP contribution is 2.35. The highest BCUT2D eigenvalue weighted by atomic mass is 19.2. The van der Waals surface area contributed by atoms with Crippen molar-refractivity contribution >= 4 is 12.2 Å². The van der Waals surface area contributed by atoms with Crippen molar-refractivity contribution in [2.75, 3.05) is 6.61 Å². The molecule has 3 aromatic carbocycles. The molecule has 0 unspecified atom stereocenters. The number of aliphatic hydroxyl groups excluding tert-OH is 1. The molecule has 176 valence electrons. The van der Waals surface area contributed by atoms with Crippen LogP contribution in [-0.4, -0.2) is 17.8 Å². The molecule has 0 aliphatic heterocycles. The summed E-state index contributed by atoms with van der Waals surface area (Å²) in [5, 5.41) is 9.65. The first-order valence-electron chi connectivity index (χ1n) is 11.4. The molecule has 1 saturated carbocycles. The Kier molecular flexibility index (Phi) is 7.53. The predicted molar refractivity (Wildman–Crippen MR) is 130 cm³/mol. The van der Waals surface area contributed by atoms with Gasteiger partial charge in [-0.05, 0) is 66.0 Å². The van der Waals surface area contributed by atoms with Crippen LogP contribution < -0.4 is 4.74 Å². The minimum atomic E-state index is -0.856. The second kappa shape index (κ2) is 10.7. The summed E-state index contributed by atoms with van der Waals surface area (Å²) in [5.41, 5.74) is 2.90. The Morgan fingerprint density at radius 2 is 1.56 bits per heavy atom. The van der Waals surface area contributed by atoms with Gasteiger partial charge in [0.05, 0.1) is 6.10 Å². The maximum Gasteiger partial charge on any atom is 0.166 e. The number of hydrogen-bond acceptors (Lipinski definition) is 2. The molecule has 0 spiro atoms. The van der Waals surface area contributed by atoms with Crippen LogP contribution >= 0.6 is 0 Å². The Morgan fingerprint density at radius 3 is 2.24 bits per heavy atom. The van der Waals surface area contributed by atoms with Gasteiger partial charge in [0.1, 0.15) is 6.61 Å². The van der Waals surface area contributed by atoms with Crippen molar-refractivity contribution in [1.82, 2.24) is 0 Å². The fourth-order valence-electron chi connectivity index (χ4n) is 4.33. The van der Waals surface area contributed by atoms with Gasteiger partial charge in [-0.3, -0.25) is 0 Å². The van der Waals surface area contributed by atoms with Gasteiger partial charge in [0.15, 0.2) is 23.2 Å². The molecule has 4 rings (SSSR count). The number of rotatable bonds is 7. The zero-order valence-corrected chi connectivity index (χ0v) is 18.8. The molecule has 34 heavy (non-hydrogen) atoms. The van der Waals surface area contributed by atoms with E-state index in [1.54, 1.807) is 42.5 Å². The summed E-state index contributed by atoms with van der Waals surface area (Å²) in [7, 11) is 0. The molecular weight excluding hydrogens is 437 g/mol. The van der Waals surface area contributed by atoms with Crippen LogP contribution in [0, 0.1) is 17.5 Å². The third-order valence-corrected chi connectivity index (χ3v) is 6.27. The van der Waals surface area contributed by atoms with Crippen molar-refractivity contribution in [2.45, 2.75) is 37.7 Å². The zero-order valence-electron chi connectivity index (χ0n) is 18.8. The van der Waals surface area contributed by atoms with E-state index in [0.717, 1.165) is 11.1 Å². The zero-order chi connectivity index (χ0) is 24.1. The molecule has 1 N–H and O–H groups in total. The van der Waals surface area contributed by atoms with Gasteiger partial charge in [-0.2, -0.15) is 0 Å². The van der Waals surface area contributed by atoms with Crippen molar-refractivity contribution in [2.24, 2.45) is 0 Å². The van der Waals surface area contributed by atoms with Crippen molar-refractivity contribution in [1.29, 1.82) is 0 Å². The van der Waals surface area contributed by atoms with E-state index >= 15 is 0 Å². The molecular formula is C29H27F3O2. The van der Waals surface area contributed by atoms with E-state index in [9.17, 15) is 18.3 Å². The van der Waals surface area contributed by atoms with Gasteiger partial charge in [0, 0.05) is 5.56 Å². The molecule has 1 fully saturated rings. The van der Waals surface area contributed by atoms with Crippen LogP contribution in [0.15, 0.2) is 67.3 Å². The van der Waals surface area contributed by atoms with E-state index in [-0.39, 0.29) is 29.9 Å². The molecule has 5 heteroatoms. The average Bonchev–Trinajstić information content (AvgIpc) is 2.85. The van der Waals surface area contributed by atoms with Crippen LogP contribution in [-0.2, 0) is 0 Å². The summed E-state index contributed by atoms with van der Waals surface area (Å²) in [4.78, 5) is 0. The Balaban J connectivity index is 1.47. The minimum Gasteiger partial charge on any atom is -0.486 e. The third-order valence-electron chi connectivity index (χ3n) is 6.27. The van der Waals surface area contributed by atoms with E-state index < -0.39 is 17.5 Å². The van der Waals surface area contributed by atoms with Crippen LogP contribution in [0.5, 0.6) is 5.75 Å². The highest BCUT2D eigenvalue weighted by molar-refractivity contribution is 5.72. The molecule has 2 nitrogen and oxygen atoms in total. The van der Waals surface area contributed by atoms with Gasteiger partial charge >= 0.3 is 0 Å². The van der Waals surface area contributed by atoms with Gasteiger partial charge < -0.3 is 9.84 Å². The number of aliphatic hydroxyl groups is 1. The molecule has 0 amide bonds. The highest BCUT2D eigenvalue weighted by Gasteiger charge is 2.25. The summed E-state index contributed by atoms with van der Waals surface area (Å²) < 4.78 is 48.9.